The molecule has 0 spiro atoms. The summed E-state index contributed by atoms with van der Waals surface area (Å²) in [4.78, 5) is 19.0. The average Bonchev–Trinajstić information content (AvgIpc) is 2.99. The van der Waals surface area contributed by atoms with Gasteiger partial charge in [-0.15, -0.1) is 12.4 Å². The lowest BCUT2D eigenvalue weighted by atomic mass is 10.1. The van der Waals surface area contributed by atoms with Gasteiger partial charge in [0, 0.05) is 39.1 Å². The number of ether oxygens (including phenoxy) is 1. The van der Waals surface area contributed by atoms with Gasteiger partial charge in [0.2, 0.25) is 0 Å². The van der Waals surface area contributed by atoms with Crippen molar-refractivity contribution in [1.82, 2.24) is 19.8 Å². The molecular formula is C18H25ClN4O2. The molecule has 1 aliphatic rings. The summed E-state index contributed by atoms with van der Waals surface area (Å²) < 4.78 is 7.73. The fraction of sp³-hybridized carbons (Fsp3) is 0.444. The predicted molar refractivity (Wildman–Crippen MR) is 99.2 cm³/mol. The molecule has 2 aromatic rings. The number of aryl methyl sites for hydroxylation is 3. The highest BCUT2D eigenvalue weighted by Crippen LogP contribution is 2.22. The quantitative estimate of drug-likeness (QED) is 0.901. The van der Waals surface area contributed by atoms with Gasteiger partial charge in [-0.2, -0.15) is 0 Å². The first kappa shape index (κ1) is 19.3. The van der Waals surface area contributed by atoms with Gasteiger partial charge in [-0.05, 0) is 25.5 Å². The van der Waals surface area contributed by atoms with E-state index in [-0.39, 0.29) is 31.0 Å². The number of rotatable bonds is 4. The van der Waals surface area contributed by atoms with Crippen molar-refractivity contribution in [2.24, 2.45) is 7.05 Å². The molecule has 1 amide bonds. The van der Waals surface area contributed by atoms with Gasteiger partial charge in [0.05, 0.1) is 0 Å². The summed E-state index contributed by atoms with van der Waals surface area (Å²) in [5.74, 6) is 1.64. The Labute approximate surface area is 154 Å². The second kappa shape index (κ2) is 8.36. The smallest absolute Gasteiger partial charge is 0.261 e. The van der Waals surface area contributed by atoms with Crippen LogP contribution in [0.25, 0.3) is 0 Å². The van der Waals surface area contributed by atoms with Gasteiger partial charge in [0.25, 0.3) is 5.91 Å². The number of hydrogen-bond donors (Lipinski definition) is 1. The number of hydrogen-bond acceptors (Lipinski definition) is 4. The van der Waals surface area contributed by atoms with Crippen LogP contribution >= 0.6 is 12.4 Å². The number of nitrogens with zero attached hydrogens (tertiary/aromatic N) is 3. The molecule has 2 heterocycles. The van der Waals surface area contributed by atoms with Crippen molar-refractivity contribution in [3.63, 3.8) is 0 Å². The van der Waals surface area contributed by atoms with Crippen LogP contribution in [0, 0.1) is 13.8 Å². The normalized spacial score (nSPS) is 17.1. The number of carbonyl (C=O) groups is 1. The summed E-state index contributed by atoms with van der Waals surface area (Å²) >= 11 is 0. The van der Waals surface area contributed by atoms with Gasteiger partial charge in [0.1, 0.15) is 17.6 Å². The molecule has 0 aliphatic carbocycles. The zero-order valence-corrected chi connectivity index (χ0v) is 15.7. The Balaban J connectivity index is 0.00000225. The number of piperazine rings is 1. The van der Waals surface area contributed by atoms with Crippen LogP contribution in [0.15, 0.2) is 30.6 Å². The van der Waals surface area contributed by atoms with E-state index >= 15 is 0 Å². The van der Waals surface area contributed by atoms with Crippen LogP contribution in [-0.2, 0) is 11.8 Å². The average molecular weight is 365 g/mol. The van der Waals surface area contributed by atoms with E-state index < -0.39 is 0 Å². The Hall–Kier alpha value is -2.05. The predicted octanol–water partition coefficient (Wildman–Crippen LogP) is 2.01. The van der Waals surface area contributed by atoms with E-state index in [1.54, 1.807) is 6.20 Å². The van der Waals surface area contributed by atoms with Gasteiger partial charge in [-0.25, -0.2) is 4.98 Å². The largest absolute Gasteiger partial charge is 0.483 e. The maximum Gasteiger partial charge on any atom is 0.261 e. The number of benzene rings is 1. The number of aromatic nitrogens is 2. The molecule has 1 atom stereocenters. The molecule has 1 aliphatic heterocycles. The minimum atomic E-state index is -0.0611. The maximum absolute atomic E-state index is 12.7. The molecule has 7 heteroatoms. The summed E-state index contributed by atoms with van der Waals surface area (Å²) in [6.45, 7) is 6.24. The zero-order valence-electron chi connectivity index (χ0n) is 14.9. The molecule has 3 rings (SSSR count). The molecule has 0 bridgehead atoms. The van der Waals surface area contributed by atoms with E-state index in [0.29, 0.717) is 13.1 Å². The third-order valence-electron chi connectivity index (χ3n) is 4.40. The molecule has 1 N–H and O–H groups in total. The molecule has 136 valence electrons. The summed E-state index contributed by atoms with van der Waals surface area (Å²) in [6.07, 6.45) is 3.66. The third kappa shape index (κ3) is 4.32. The minimum absolute atomic E-state index is 0. The fourth-order valence-corrected chi connectivity index (χ4v) is 3.12. The minimum Gasteiger partial charge on any atom is -0.483 e. The van der Waals surface area contributed by atoms with Gasteiger partial charge < -0.3 is 19.5 Å². The Morgan fingerprint density at radius 3 is 2.88 bits per heavy atom. The zero-order chi connectivity index (χ0) is 17.1. The number of nitrogens with one attached hydrogen (secondary N) is 1. The number of carbonyl (C=O) groups excluding carboxylic acids is 1. The van der Waals surface area contributed by atoms with Crippen molar-refractivity contribution in [2.75, 3.05) is 26.2 Å². The first-order valence-corrected chi connectivity index (χ1v) is 8.23. The molecule has 1 aromatic carbocycles. The van der Waals surface area contributed by atoms with Gasteiger partial charge in [-0.3, -0.25) is 4.79 Å². The van der Waals surface area contributed by atoms with E-state index in [9.17, 15) is 4.79 Å². The Bertz CT molecular complexity index is 732. The Kier molecular flexibility index (Phi) is 6.45. The van der Waals surface area contributed by atoms with Crippen LogP contribution in [0.3, 0.4) is 0 Å². The van der Waals surface area contributed by atoms with Crippen LogP contribution in [0.1, 0.15) is 23.0 Å². The fourth-order valence-electron chi connectivity index (χ4n) is 3.12. The molecule has 1 unspecified atom stereocenters. The van der Waals surface area contributed by atoms with Crippen LogP contribution in [-0.4, -0.2) is 46.6 Å². The summed E-state index contributed by atoms with van der Waals surface area (Å²) in [5, 5.41) is 3.34. The van der Waals surface area contributed by atoms with Crippen molar-refractivity contribution in [3.05, 3.63) is 47.5 Å². The standard InChI is InChI=1S/C18H24N4O2.ClH/c1-13-4-5-16(14(2)10-13)24-12-17(23)22-9-6-19-11-15(22)18-20-7-8-21(18)3;/h4-5,7-8,10,15,19H,6,9,11-12H2,1-3H3;1H. The molecule has 25 heavy (non-hydrogen) atoms. The summed E-state index contributed by atoms with van der Waals surface area (Å²) in [5.41, 5.74) is 2.23. The lowest BCUT2D eigenvalue weighted by molar-refractivity contribution is -0.137. The second-order valence-electron chi connectivity index (χ2n) is 6.26. The molecule has 6 nitrogen and oxygen atoms in total. The van der Waals surface area contributed by atoms with Crippen LogP contribution < -0.4 is 10.1 Å². The Morgan fingerprint density at radius 1 is 1.40 bits per heavy atom. The van der Waals surface area contributed by atoms with Crippen LogP contribution in [0.5, 0.6) is 5.75 Å². The lowest BCUT2D eigenvalue weighted by Gasteiger charge is -2.35. The molecule has 1 fully saturated rings. The van der Waals surface area contributed by atoms with E-state index in [0.717, 1.165) is 23.7 Å². The van der Waals surface area contributed by atoms with Gasteiger partial charge >= 0.3 is 0 Å². The topological polar surface area (TPSA) is 59.4 Å². The highest BCUT2D eigenvalue weighted by atomic mass is 35.5. The summed E-state index contributed by atoms with van der Waals surface area (Å²) in [6, 6.07) is 5.91. The van der Waals surface area contributed by atoms with Crippen molar-refractivity contribution in [3.8, 4) is 5.75 Å². The van der Waals surface area contributed by atoms with E-state index in [1.165, 1.54) is 5.56 Å². The highest BCUT2D eigenvalue weighted by molar-refractivity contribution is 5.85. The summed E-state index contributed by atoms with van der Waals surface area (Å²) in [7, 11) is 1.95. The van der Waals surface area contributed by atoms with Crippen molar-refractivity contribution >= 4 is 18.3 Å². The molecule has 0 radical (unpaired) electrons. The lowest BCUT2D eigenvalue weighted by Crippen LogP contribution is -2.50. The first-order valence-electron chi connectivity index (χ1n) is 8.23. The van der Waals surface area contributed by atoms with Gasteiger partial charge in [0.15, 0.2) is 6.61 Å². The number of imidazole rings is 1. The van der Waals surface area contributed by atoms with Gasteiger partial charge in [-0.1, -0.05) is 17.7 Å². The third-order valence-corrected chi connectivity index (χ3v) is 4.40. The van der Waals surface area contributed by atoms with Crippen LogP contribution in [0.2, 0.25) is 0 Å². The van der Waals surface area contributed by atoms with Crippen molar-refractivity contribution < 1.29 is 9.53 Å². The van der Waals surface area contributed by atoms with Crippen molar-refractivity contribution in [1.29, 1.82) is 0 Å². The van der Waals surface area contributed by atoms with E-state index in [2.05, 4.69) is 16.4 Å². The molecule has 1 aromatic heterocycles. The van der Waals surface area contributed by atoms with E-state index in [1.807, 2.05) is 48.7 Å². The Morgan fingerprint density at radius 2 is 2.20 bits per heavy atom. The molecule has 1 saturated heterocycles. The number of halogens is 1. The van der Waals surface area contributed by atoms with E-state index in [4.69, 9.17) is 4.74 Å². The second-order valence-corrected chi connectivity index (χ2v) is 6.26. The molecular weight excluding hydrogens is 340 g/mol. The molecule has 0 saturated carbocycles. The first-order chi connectivity index (χ1) is 11.6. The SMILES string of the molecule is Cc1ccc(OCC(=O)N2CCNCC2c2nccn2C)c(C)c1.Cl. The van der Waals surface area contributed by atoms with Crippen LogP contribution in [0.4, 0.5) is 0 Å². The number of amides is 1. The maximum atomic E-state index is 12.7. The monoisotopic (exact) mass is 364 g/mol. The van der Waals surface area contributed by atoms with Crippen molar-refractivity contribution in [2.45, 2.75) is 19.9 Å². The highest BCUT2D eigenvalue weighted by Gasteiger charge is 2.30.